The first-order valence-corrected chi connectivity index (χ1v) is 7.63. The van der Waals surface area contributed by atoms with Crippen LogP contribution in [0.1, 0.15) is 10.4 Å². The Morgan fingerprint density at radius 3 is 2.75 bits per heavy atom. The first-order chi connectivity index (χ1) is 11.6. The van der Waals surface area contributed by atoms with Gasteiger partial charge < -0.3 is 24.8 Å². The maximum absolute atomic E-state index is 13.7. The van der Waals surface area contributed by atoms with Gasteiger partial charge in [0.2, 0.25) is 0 Å². The van der Waals surface area contributed by atoms with E-state index in [2.05, 4.69) is 15.3 Å². The van der Waals surface area contributed by atoms with E-state index in [4.69, 9.17) is 21.7 Å². The lowest BCUT2D eigenvalue weighted by atomic mass is 10.1. The number of imidazole rings is 1. The SMILES string of the molecule is O=C(Nc1ccc2c(c1)OCCO2)c1cc(F)cc2[nH]c(=S)[nH]c12. The number of benzene rings is 2. The summed E-state index contributed by atoms with van der Waals surface area (Å²) >= 11 is 5.00. The highest BCUT2D eigenvalue weighted by Crippen LogP contribution is 2.32. The van der Waals surface area contributed by atoms with E-state index in [1.165, 1.54) is 6.07 Å². The molecule has 6 nitrogen and oxygen atoms in total. The molecule has 0 radical (unpaired) electrons. The second-order valence-corrected chi connectivity index (χ2v) is 5.68. The predicted molar refractivity (Wildman–Crippen MR) is 88.8 cm³/mol. The van der Waals surface area contributed by atoms with Crippen molar-refractivity contribution >= 4 is 34.8 Å². The third-order valence-electron chi connectivity index (χ3n) is 3.63. The number of hydrogen-bond donors (Lipinski definition) is 3. The van der Waals surface area contributed by atoms with Gasteiger partial charge in [0, 0.05) is 11.8 Å². The first-order valence-electron chi connectivity index (χ1n) is 7.23. The van der Waals surface area contributed by atoms with E-state index in [-0.39, 0.29) is 5.56 Å². The van der Waals surface area contributed by atoms with Crippen molar-refractivity contribution in [3.8, 4) is 11.5 Å². The maximum Gasteiger partial charge on any atom is 0.257 e. The monoisotopic (exact) mass is 345 g/mol. The smallest absolute Gasteiger partial charge is 0.257 e. The fourth-order valence-electron chi connectivity index (χ4n) is 2.61. The van der Waals surface area contributed by atoms with Crippen molar-refractivity contribution in [3.05, 3.63) is 46.5 Å². The summed E-state index contributed by atoms with van der Waals surface area (Å²) in [6.07, 6.45) is 0. The van der Waals surface area contributed by atoms with Crippen LogP contribution in [0.4, 0.5) is 10.1 Å². The van der Waals surface area contributed by atoms with Crippen molar-refractivity contribution in [1.82, 2.24) is 9.97 Å². The Balaban J connectivity index is 1.68. The second kappa shape index (κ2) is 5.64. The van der Waals surface area contributed by atoms with E-state index in [1.54, 1.807) is 18.2 Å². The normalized spacial score (nSPS) is 13.0. The number of aromatic nitrogens is 2. The number of carbonyl (C=O) groups excluding carboxylic acids is 1. The molecule has 0 atom stereocenters. The topological polar surface area (TPSA) is 79.1 Å². The Labute approximate surface area is 140 Å². The predicted octanol–water partition coefficient (Wildman–Crippen LogP) is 3.39. The minimum absolute atomic E-state index is 0.159. The summed E-state index contributed by atoms with van der Waals surface area (Å²) < 4.78 is 25.0. The molecule has 4 rings (SSSR count). The van der Waals surface area contributed by atoms with Crippen molar-refractivity contribution in [2.75, 3.05) is 18.5 Å². The van der Waals surface area contributed by atoms with Gasteiger partial charge in [0.25, 0.3) is 5.91 Å². The summed E-state index contributed by atoms with van der Waals surface area (Å²) in [5.41, 5.74) is 1.58. The van der Waals surface area contributed by atoms with Gasteiger partial charge >= 0.3 is 0 Å². The van der Waals surface area contributed by atoms with Crippen LogP contribution in [0.25, 0.3) is 11.0 Å². The molecule has 0 bridgehead atoms. The lowest BCUT2D eigenvalue weighted by Gasteiger charge is -2.19. The van der Waals surface area contributed by atoms with Gasteiger partial charge in [-0.25, -0.2) is 4.39 Å². The molecule has 0 saturated heterocycles. The van der Waals surface area contributed by atoms with Crippen LogP contribution < -0.4 is 14.8 Å². The molecule has 0 spiro atoms. The molecule has 2 aromatic carbocycles. The van der Waals surface area contributed by atoms with Crippen molar-refractivity contribution in [2.45, 2.75) is 0 Å². The summed E-state index contributed by atoms with van der Waals surface area (Å²) in [7, 11) is 0. The Hall–Kier alpha value is -2.87. The van der Waals surface area contributed by atoms with E-state index < -0.39 is 11.7 Å². The molecule has 3 N–H and O–H groups in total. The molecular weight excluding hydrogens is 333 g/mol. The van der Waals surface area contributed by atoms with Crippen LogP contribution in [-0.4, -0.2) is 29.1 Å². The molecule has 0 fully saturated rings. The highest BCUT2D eigenvalue weighted by molar-refractivity contribution is 7.71. The number of fused-ring (bicyclic) bond motifs is 2. The number of aromatic amines is 2. The van der Waals surface area contributed by atoms with E-state index in [1.807, 2.05) is 0 Å². The molecule has 24 heavy (non-hydrogen) atoms. The van der Waals surface area contributed by atoms with Gasteiger partial charge in [-0.1, -0.05) is 0 Å². The molecule has 0 unspecified atom stereocenters. The Morgan fingerprint density at radius 1 is 1.12 bits per heavy atom. The summed E-state index contributed by atoms with van der Waals surface area (Å²) in [4.78, 5) is 18.2. The Kier molecular flexibility index (Phi) is 3.46. The standard InChI is InChI=1S/C16H12FN3O3S/c17-8-5-10(14-11(6-8)19-16(24)20-14)15(21)18-9-1-2-12-13(7-9)23-4-3-22-12/h1-2,5-7H,3-4H2,(H,18,21)(H2,19,20,24). The summed E-state index contributed by atoms with van der Waals surface area (Å²) in [6.45, 7) is 0.946. The molecule has 1 aromatic heterocycles. The minimum Gasteiger partial charge on any atom is -0.486 e. The first kappa shape index (κ1) is 14.7. The van der Waals surface area contributed by atoms with Crippen LogP contribution in [0.2, 0.25) is 0 Å². The van der Waals surface area contributed by atoms with Gasteiger partial charge in [-0.15, -0.1) is 0 Å². The lowest BCUT2D eigenvalue weighted by Crippen LogP contribution is -2.16. The van der Waals surface area contributed by atoms with Crippen molar-refractivity contribution in [1.29, 1.82) is 0 Å². The number of anilines is 1. The van der Waals surface area contributed by atoms with Crippen molar-refractivity contribution in [3.63, 3.8) is 0 Å². The highest BCUT2D eigenvalue weighted by atomic mass is 32.1. The van der Waals surface area contributed by atoms with Gasteiger partial charge in [-0.3, -0.25) is 4.79 Å². The molecule has 1 aliphatic heterocycles. The molecule has 2 heterocycles. The highest BCUT2D eigenvalue weighted by Gasteiger charge is 2.16. The van der Waals surface area contributed by atoms with Crippen LogP contribution in [0, 0.1) is 10.6 Å². The third-order valence-corrected chi connectivity index (χ3v) is 3.84. The van der Waals surface area contributed by atoms with Crippen LogP contribution >= 0.6 is 12.2 Å². The fourth-order valence-corrected chi connectivity index (χ4v) is 2.82. The molecule has 122 valence electrons. The zero-order valence-corrected chi connectivity index (χ0v) is 13.1. The molecule has 0 saturated carbocycles. The Bertz CT molecular complexity index is 1010. The summed E-state index contributed by atoms with van der Waals surface area (Å²) in [5, 5.41) is 2.73. The van der Waals surface area contributed by atoms with Crippen LogP contribution in [-0.2, 0) is 0 Å². The minimum atomic E-state index is -0.528. The maximum atomic E-state index is 13.7. The van der Waals surface area contributed by atoms with Gasteiger partial charge in [0.1, 0.15) is 19.0 Å². The average molecular weight is 345 g/mol. The third kappa shape index (κ3) is 2.61. The zero-order chi connectivity index (χ0) is 16.7. The van der Waals surface area contributed by atoms with Gasteiger partial charge in [-0.05, 0) is 36.5 Å². The second-order valence-electron chi connectivity index (χ2n) is 5.27. The summed E-state index contributed by atoms with van der Waals surface area (Å²) in [5.74, 6) is 0.202. The van der Waals surface area contributed by atoms with E-state index >= 15 is 0 Å². The van der Waals surface area contributed by atoms with Crippen LogP contribution in [0.5, 0.6) is 11.5 Å². The Morgan fingerprint density at radius 2 is 1.92 bits per heavy atom. The summed E-state index contributed by atoms with van der Waals surface area (Å²) in [6, 6.07) is 7.52. The number of carbonyl (C=O) groups is 1. The molecular formula is C16H12FN3O3S. The number of H-pyrrole nitrogens is 2. The number of halogens is 1. The quantitative estimate of drug-likeness (QED) is 0.622. The number of amides is 1. The zero-order valence-electron chi connectivity index (χ0n) is 12.3. The van der Waals surface area contributed by atoms with Gasteiger partial charge in [0.15, 0.2) is 16.3 Å². The number of rotatable bonds is 2. The number of nitrogens with one attached hydrogen (secondary N) is 3. The van der Waals surface area contributed by atoms with Crippen molar-refractivity contribution in [2.24, 2.45) is 0 Å². The van der Waals surface area contributed by atoms with Crippen molar-refractivity contribution < 1.29 is 18.7 Å². The fraction of sp³-hybridized carbons (Fsp3) is 0.125. The van der Waals surface area contributed by atoms with Crippen LogP contribution in [0.15, 0.2) is 30.3 Å². The molecule has 0 aliphatic carbocycles. The van der Waals surface area contributed by atoms with Gasteiger partial charge in [0.05, 0.1) is 16.6 Å². The molecule has 8 heteroatoms. The number of hydrogen-bond acceptors (Lipinski definition) is 4. The molecule has 1 aliphatic rings. The van der Waals surface area contributed by atoms with E-state index in [0.717, 1.165) is 6.07 Å². The number of ether oxygens (including phenoxy) is 2. The lowest BCUT2D eigenvalue weighted by molar-refractivity contribution is 0.102. The molecule has 3 aromatic rings. The largest absolute Gasteiger partial charge is 0.486 e. The van der Waals surface area contributed by atoms with E-state index in [9.17, 15) is 9.18 Å². The van der Waals surface area contributed by atoms with Crippen LogP contribution in [0.3, 0.4) is 0 Å². The molecule has 1 amide bonds. The van der Waals surface area contributed by atoms with E-state index in [0.29, 0.717) is 46.2 Å². The van der Waals surface area contributed by atoms with Gasteiger partial charge in [-0.2, -0.15) is 0 Å². The average Bonchev–Trinajstić information content (AvgIpc) is 2.93.